The molecule has 0 unspecified atom stereocenters. The molecule has 7 heteroatoms. The van der Waals surface area contributed by atoms with E-state index in [0.717, 1.165) is 18.5 Å². The van der Waals surface area contributed by atoms with Crippen molar-refractivity contribution in [2.45, 2.75) is 26.4 Å². The minimum Gasteiger partial charge on any atom is -0.334 e. The highest BCUT2D eigenvalue weighted by molar-refractivity contribution is 6.32. The molecule has 0 radical (unpaired) electrons. The molecule has 2 aromatic heterocycles. The number of nitrogens with zero attached hydrogens (tertiary/aromatic N) is 3. The van der Waals surface area contributed by atoms with E-state index < -0.39 is 0 Å². The van der Waals surface area contributed by atoms with Gasteiger partial charge in [-0.05, 0) is 18.6 Å². The molecule has 0 atom stereocenters. The van der Waals surface area contributed by atoms with Crippen molar-refractivity contribution in [1.82, 2.24) is 20.1 Å². The Morgan fingerprint density at radius 3 is 3.10 bits per heavy atom. The fourth-order valence-electron chi connectivity index (χ4n) is 1.68. The Labute approximate surface area is 122 Å². The van der Waals surface area contributed by atoms with E-state index >= 15 is 0 Å². The van der Waals surface area contributed by atoms with Crippen LogP contribution in [0.25, 0.3) is 0 Å². The number of aryl methyl sites for hydroxylation is 1. The maximum Gasteiger partial charge on any atom is 0.319 e. The van der Waals surface area contributed by atoms with Gasteiger partial charge in [-0.2, -0.15) is 5.10 Å². The summed E-state index contributed by atoms with van der Waals surface area (Å²) in [6.45, 7) is 3.37. The maximum atomic E-state index is 11.7. The minimum atomic E-state index is -0.330. The standard InChI is InChI=1S/C13H16ClN5O/c1-2-6-19-9-10(8-17-19)7-16-13(20)18-11-4-3-5-15-12(11)14/h3-5,8-9H,2,6-7H2,1H3,(H2,16,18,20). The summed E-state index contributed by atoms with van der Waals surface area (Å²) in [5.74, 6) is 0. The lowest BCUT2D eigenvalue weighted by atomic mass is 10.3. The summed E-state index contributed by atoms with van der Waals surface area (Å²) in [6, 6.07) is 3.06. The number of carbonyl (C=O) groups is 1. The first-order valence-corrected chi connectivity index (χ1v) is 6.73. The number of rotatable bonds is 5. The second-order valence-corrected chi connectivity index (χ2v) is 4.62. The summed E-state index contributed by atoms with van der Waals surface area (Å²) in [6.07, 6.45) is 6.25. The average Bonchev–Trinajstić information content (AvgIpc) is 2.87. The van der Waals surface area contributed by atoms with Gasteiger partial charge in [0.1, 0.15) is 0 Å². The van der Waals surface area contributed by atoms with E-state index in [2.05, 4.69) is 27.6 Å². The fraction of sp³-hybridized carbons (Fsp3) is 0.308. The molecular weight excluding hydrogens is 278 g/mol. The van der Waals surface area contributed by atoms with Gasteiger partial charge in [-0.3, -0.25) is 4.68 Å². The molecule has 0 saturated carbocycles. The number of anilines is 1. The summed E-state index contributed by atoms with van der Waals surface area (Å²) in [5, 5.41) is 9.84. The lowest BCUT2D eigenvalue weighted by Gasteiger charge is -2.07. The predicted octanol–water partition coefficient (Wildman–Crippen LogP) is 2.66. The third kappa shape index (κ3) is 3.96. The molecule has 106 valence electrons. The second-order valence-electron chi connectivity index (χ2n) is 4.26. The summed E-state index contributed by atoms with van der Waals surface area (Å²) in [4.78, 5) is 15.6. The Bertz CT molecular complexity index is 584. The van der Waals surface area contributed by atoms with Gasteiger partial charge in [0.05, 0.1) is 11.9 Å². The molecule has 0 aromatic carbocycles. The highest BCUT2D eigenvalue weighted by Crippen LogP contribution is 2.16. The molecule has 0 saturated heterocycles. The summed E-state index contributed by atoms with van der Waals surface area (Å²) in [7, 11) is 0. The van der Waals surface area contributed by atoms with Gasteiger partial charge in [0.2, 0.25) is 0 Å². The number of halogens is 1. The molecule has 6 nitrogen and oxygen atoms in total. The Balaban J connectivity index is 1.84. The van der Waals surface area contributed by atoms with Crippen LogP contribution in [-0.4, -0.2) is 20.8 Å². The smallest absolute Gasteiger partial charge is 0.319 e. The van der Waals surface area contributed by atoms with Crippen molar-refractivity contribution in [1.29, 1.82) is 0 Å². The van der Waals surface area contributed by atoms with Crippen molar-refractivity contribution in [3.63, 3.8) is 0 Å². The Morgan fingerprint density at radius 1 is 1.50 bits per heavy atom. The predicted molar refractivity (Wildman–Crippen MR) is 77.6 cm³/mol. The van der Waals surface area contributed by atoms with Crippen LogP contribution in [0, 0.1) is 0 Å². The number of hydrogen-bond donors (Lipinski definition) is 2. The highest BCUT2D eigenvalue weighted by Gasteiger charge is 2.06. The van der Waals surface area contributed by atoms with Gasteiger partial charge in [0.15, 0.2) is 5.15 Å². The van der Waals surface area contributed by atoms with E-state index in [-0.39, 0.29) is 11.2 Å². The monoisotopic (exact) mass is 293 g/mol. The van der Waals surface area contributed by atoms with Gasteiger partial charge in [-0.1, -0.05) is 18.5 Å². The number of carbonyl (C=O) groups excluding carboxylic acids is 1. The van der Waals surface area contributed by atoms with Gasteiger partial charge < -0.3 is 10.6 Å². The van der Waals surface area contributed by atoms with Crippen LogP contribution in [0.3, 0.4) is 0 Å². The zero-order valence-electron chi connectivity index (χ0n) is 11.1. The molecule has 20 heavy (non-hydrogen) atoms. The zero-order valence-corrected chi connectivity index (χ0v) is 11.9. The molecule has 0 aliphatic heterocycles. The Morgan fingerprint density at radius 2 is 2.35 bits per heavy atom. The number of hydrogen-bond acceptors (Lipinski definition) is 3. The highest BCUT2D eigenvalue weighted by atomic mass is 35.5. The van der Waals surface area contributed by atoms with Crippen molar-refractivity contribution in [2.75, 3.05) is 5.32 Å². The first-order valence-electron chi connectivity index (χ1n) is 6.35. The van der Waals surface area contributed by atoms with Crippen LogP contribution < -0.4 is 10.6 Å². The fourth-order valence-corrected chi connectivity index (χ4v) is 1.84. The second kappa shape index (κ2) is 6.91. The average molecular weight is 294 g/mol. The maximum absolute atomic E-state index is 11.7. The van der Waals surface area contributed by atoms with Gasteiger partial charge >= 0.3 is 6.03 Å². The molecule has 0 aliphatic carbocycles. The molecule has 0 aliphatic rings. The van der Waals surface area contributed by atoms with E-state index in [9.17, 15) is 4.79 Å². The SMILES string of the molecule is CCCn1cc(CNC(=O)Nc2cccnc2Cl)cn1. The van der Waals surface area contributed by atoms with Crippen molar-refractivity contribution in [3.05, 3.63) is 41.4 Å². The van der Waals surface area contributed by atoms with Crippen molar-refractivity contribution in [3.8, 4) is 0 Å². The van der Waals surface area contributed by atoms with E-state index in [1.807, 2.05) is 10.9 Å². The van der Waals surface area contributed by atoms with E-state index in [0.29, 0.717) is 12.2 Å². The van der Waals surface area contributed by atoms with Gasteiger partial charge in [0, 0.05) is 31.0 Å². The molecular formula is C13H16ClN5O. The molecule has 0 fully saturated rings. The topological polar surface area (TPSA) is 71.8 Å². The van der Waals surface area contributed by atoms with Crippen LogP contribution in [0.5, 0.6) is 0 Å². The Kier molecular flexibility index (Phi) is 4.95. The van der Waals surface area contributed by atoms with Crippen LogP contribution in [0.4, 0.5) is 10.5 Å². The summed E-state index contributed by atoms with van der Waals surface area (Å²) in [5.41, 5.74) is 1.43. The van der Waals surface area contributed by atoms with Crippen LogP contribution in [0.15, 0.2) is 30.7 Å². The van der Waals surface area contributed by atoms with Gasteiger partial charge in [-0.15, -0.1) is 0 Å². The minimum absolute atomic E-state index is 0.262. The van der Waals surface area contributed by atoms with E-state index in [4.69, 9.17) is 11.6 Å². The quantitative estimate of drug-likeness (QED) is 0.833. The summed E-state index contributed by atoms with van der Waals surface area (Å²) < 4.78 is 1.85. The number of urea groups is 1. The number of nitrogens with one attached hydrogen (secondary N) is 2. The van der Waals surface area contributed by atoms with Crippen molar-refractivity contribution < 1.29 is 4.79 Å². The van der Waals surface area contributed by atoms with E-state index in [1.54, 1.807) is 24.5 Å². The third-order valence-corrected chi connectivity index (χ3v) is 2.90. The van der Waals surface area contributed by atoms with Crippen LogP contribution in [0.2, 0.25) is 5.15 Å². The lowest BCUT2D eigenvalue weighted by Crippen LogP contribution is -2.28. The number of aromatic nitrogens is 3. The number of amides is 2. The lowest BCUT2D eigenvalue weighted by molar-refractivity contribution is 0.251. The zero-order chi connectivity index (χ0) is 14.4. The van der Waals surface area contributed by atoms with Crippen LogP contribution in [0.1, 0.15) is 18.9 Å². The molecule has 2 amide bonds. The van der Waals surface area contributed by atoms with Crippen molar-refractivity contribution >= 4 is 23.3 Å². The first-order chi connectivity index (χ1) is 9.69. The molecule has 2 aromatic rings. The largest absolute Gasteiger partial charge is 0.334 e. The normalized spacial score (nSPS) is 10.3. The number of pyridine rings is 1. The third-order valence-electron chi connectivity index (χ3n) is 2.60. The summed E-state index contributed by atoms with van der Waals surface area (Å²) >= 11 is 5.86. The Hall–Kier alpha value is -2.08. The van der Waals surface area contributed by atoms with Gasteiger partial charge in [-0.25, -0.2) is 9.78 Å². The van der Waals surface area contributed by atoms with Gasteiger partial charge in [0.25, 0.3) is 0 Å². The van der Waals surface area contributed by atoms with Crippen LogP contribution >= 0.6 is 11.6 Å². The van der Waals surface area contributed by atoms with Crippen LogP contribution in [-0.2, 0) is 13.1 Å². The molecule has 2 N–H and O–H groups in total. The molecule has 2 rings (SSSR count). The van der Waals surface area contributed by atoms with Crippen molar-refractivity contribution in [2.24, 2.45) is 0 Å². The van der Waals surface area contributed by atoms with E-state index in [1.165, 1.54) is 0 Å². The molecule has 2 heterocycles. The molecule has 0 spiro atoms. The molecule has 0 bridgehead atoms. The first kappa shape index (κ1) is 14.3.